The number of nitrogens with zero attached hydrogens (tertiary/aromatic N) is 2. The van der Waals surface area contributed by atoms with E-state index in [9.17, 15) is 13.2 Å². The molecular formula is C19H21F3N2O3. The third-order valence-corrected chi connectivity index (χ3v) is 3.75. The van der Waals surface area contributed by atoms with E-state index in [4.69, 9.17) is 9.47 Å². The van der Waals surface area contributed by atoms with Crippen molar-refractivity contribution in [3.63, 3.8) is 0 Å². The first kappa shape index (κ1) is 20.5. The topological polar surface area (TPSA) is 53.5 Å². The number of aromatic nitrogens is 2. The number of halogens is 3. The molecule has 0 saturated carbocycles. The van der Waals surface area contributed by atoms with Crippen LogP contribution in [-0.2, 0) is 6.42 Å². The highest BCUT2D eigenvalue weighted by Crippen LogP contribution is 2.36. The van der Waals surface area contributed by atoms with Gasteiger partial charge in [-0.15, -0.1) is 13.2 Å². The summed E-state index contributed by atoms with van der Waals surface area (Å²) in [5.41, 5.74) is 1.32. The molecule has 146 valence electrons. The molecule has 0 aliphatic carbocycles. The number of aryl methyl sites for hydroxylation is 1. The number of hydrogen-bond acceptors (Lipinski definition) is 5. The summed E-state index contributed by atoms with van der Waals surface area (Å²) in [6.45, 7) is 7.52. The van der Waals surface area contributed by atoms with Gasteiger partial charge in [0.25, 0.3) is 0 Å². The minimum Gasteiger partial charge on any atom is -0.496 e. The molecule has 0 bridgehead atoms. The van der Waals surface area contributed by atoms with Gasteiger partial charge < -0.3 is 14.2 Å². The van der Waals surface area contributed by atoms with Crippen molar-refractivity contribution in [2.75, 3.05) is 7.11 Å². The highest BCUT2D eigenvalue weighted by Gasteiger charge is 2.31. The highest BCUT2D eigenvalue weighted by atomic mass is 19.4. The minimum atomic E-state index is -4.79. The summed E-state index contributed by atoms with van der Waals surface area (Å²) >= 11 is 0. The van der Waals surface area contributed by atoms with E-state index in [0.29, 0.717) is 35.0 Å². The molecule has 0 saturated heterocycles. The fourth-order valence-corrected chi connectivity index (χ4v) is 2.46. The predicted molar refractivity (Wildman–Crippen MR) is 95.0 cm³/mol. The van der Waals surface area contributed by atoms with Gasteiger partial charge in [-0.2, -0.15) is 0 Å². The van der Waals surface area contributed by atoms with Crippen LogP contribution in [0, 0.1) is 0 Å². The lowest BCUT2D eigenvalue weighted by molar-refractivity contribution is -0.274. The zero-order valence-corrected chi connectivity index (χ0v) is 15.3. The average molecular weight is 382 g/mol. The number of ether oxygens (including phenoxy) is 3. The Hall–Kier alpha value is -2.77. The Kier molecular flexibility index (Phi) is 6.65. The van der Waals surface area contributed by atoms with E-state index in [1.807, 2.05) is 13.8 Å². The van der Waals surface area contributed by atoms with Crippen molar-refractivity contribution in [3.05, 3.63) is 42.7 Å². The van der Waals surface area contributed by atoms with E-state index < -0.39 is 6.36 Å². The Morgan fingerprint density at radius 2 is 2.00 bits per heavy atom. The summed E-state index contributed by atoms with van der Waals surface area (Å²) in [6.07, 6.45) is -0.674. The first-order chi connectivity index (χ1) is 12.8. The molecule has 1 unspecified atom stereocenters. The van der Waals surface area contributed by atoms with Gasteiger partial charge in [-0.25, -0.2) is 9.97 Å². The maximum absolute atomic E-state index is 12.5. The number of hydrogen-bond donors (Lipinski definition) is 0. The van der Waals surface area contributed by atoms with E-state index in [2.05, 4.69) is 21.3 Å². The van der Waals surface area contributed by atoms with E-state index >= 15 is 0 Å². The van der Waals surface area contributed by atoms with Crippen molar-refractivity contribution < 1.29 is 27.4 Å². The van der Waals surface area contributed by atoms with Crippen LogP contribution in [0.4, 0.5) is 13.2 Å². The number of methoxy groups -OCH3 is 1. The Labute approximate surface area is 155 Å². The zero-order chi connectivity index (χ0) is 20.0. The van der Waals surface area contributed by atoms with Gasteiger partial charge in [0.15, 0.2) is 0 Å². The number of alkyl halides is 3. The number of rotatable bonds is 8. The van der Waals surface area contributed by atoms with Crippen molar-refractivity contribution in [3.8, 4) is 28.6 Å². The molecule has 2 rings (SSSR count). The average Bonchev–Trinajstić information content (AvgIpc) is 2.64. The summed E-state index contributed by atoms with van der Waals surface area (Å²) in [4.78, 5) is 8.78. The lowest BCUT2D eigenvalue weighted by atomic mass is 10.1. The quantitative estimate of drug-likeness (QED) is 0.604. The molecule has 0 spiro atoms. The second-order valence-corrected chi connectivity index (χ2v) is 5.57. The first-order valence-corrected chi connectivity index (χ1v) is 8.40. The van der Waals surface area contributed by atoms with Gasteiger partial charge in [0.1, 0.15) is 17.6 Å². The molecule has 5 nitrogen and oxygen atoms in total. The largest absolute Gasteiger partial charge is 0.573 e. The zero-order valence-electron chi connectivity index (χ0n) is 15.3. The molecule has 0 fully saturated rings. The molecule has 1 aromatic heterocycles. The molecule has 0 N–H and O–H groups in total. The van der Waals surface area contributed by atoms with Crippen LogP contribution in [-0.4, -0.2) is 29.5 Å². The predicted octanol–water partition coefficient (Wildman–Crippen LogP) is 4.96. The van der Waals surface area contributed by atoms with E-state index in [1.54, 1.807) is 6.08 Å². The summed E-state index contributed by atoms with van der Waals surface area (Å²) < 4.78 is 52.6. The first-order valence-electron chi connectivity index (χ1n) is 8.40. The van der Waals surface area contributed by atoms with E-state index in [-0.39, 0.29) is 11.9 Å². The molecule has 0 radical (unpaired) electrons. The Balaban J connectivity index is 2.46. The Morgan fingerprint density at radius 3 is 2.56 bits per heavy atom. The van der Waals surface area contributed by atoms with Crippen molar-refractivity contribution in [2.45, 2.75) is 39.2 Å². The lowest BCUT2D eigenvalue weighted by Gasteiger charge is -2.16. The maximum Gasteiger partial charge on any atom is 0.573 e. The van der Waals surface area contributed by atoms with Crippen molar-refractivity contribution >= 4 is 0 Å². The monoisotopic (exact) mass is 382 g/mol. The summed E-state index contributed by atoms with van der Waals surface area (Å²) in [5.74, 6) is 0.323. The molecule has 1 heterocycles. The SMILES string of the molecule is C=CC(CC)Oc1cnc(-c2cc(OC(F)(F)F)ccc2OC)c(CC)n1. The Bertz CT molecular complexity index is 794. The van der Waals surface area contributed by atoms with Crippen LogP contribution in [0.1, 0.15) is 26.0 Å². The standard InChI is InChI=1S/C19H21F3N2O3/c1-5-12(6-2)26-17-11-23-18(15(7-3)24-17)14-10-13(27-19(20,21)22)8-9-16(14)25-4/h5,8-12H,1,6-7H2,2-4H3. The van der Waals surface area contributed by atoms with E-state index in [0.717, 1.165) is 6.42 Å². The summed E-state index contributed by atoms with van der Waals surface area (Å²) in [7, 11) is 1.43. The van der Waals surface area contributed by atoms with Crippen LogP contribution in [0.5, 0.6) is 17.4 Å². The Morgan fingerprint density at radius 1 is 1.26 bits per heavy atom. The van der Waals surface area contributed by atoms with Gasteiger partial charge in [0.05, 0.1) is 24.7 Å². The fraction of sp³-hybridized carbons (Fsp3) is 0.368. The van der Waals surface area contributed by atoms with Crippen LogP contribution in [0.15, 0.2) is 37.1 Å². The van der Waals surface area contributed by atoms with Crippen LogP contribution in [0.25, 0.3) is 11.3 Å². The van der Waals surface area contributed by atoms with Crippen LogP contribution < -0.4 is 14.2 Å². The molecule has 2 aromatic rings. The molecular weight excluding hydrogens is 361 g/mol. The summed E-state index contributed by atoms with van der Waals surface area (Å²) in [5, 5.41) is 0. The van der Waals surface area contributed by atoms with Gasteiger partial charge in [-0.1, -0.05) is 26.5 Å². The van der Waals surface area contributed by atoms with Gasteiger partial charge >= 0.3 is 6.36 Å². The van der Waals surface area contributed by atoms with Crippen molar-refractivity contribution in [1.29, 1.82) is 0 Å². The van der Waals surface area contributed by atoms with Gasteiger partial charge in [0.2, 0.25) is 5.88 Å². The van der Waals surface area contributed by atoms with Gasteiger partial charge in [-0.3, -0.25) is 0 Å². The van der Waals surface area contributed by atoms with Crippen molar-refractivity contribution in [2.24, 2.45) is 0 Å². The number of benzene rings is 1. The molecule has 1 aromatic carbocycles. The molecule has 0 amide bonds. The molecule has 0 aliphatic rings. The summed E-state index contributed by atoms with van der Waals surface area (Å²) in [6, 6.07) is 3.81. The van der Waals surface area contributed by atoms with Crippen molar-refractivity contribution in [1.82, 2.24) is 9.97 Å². The van der Waals surface area contributed by atoms with Gasteiger partial charge in [-0.05, 0) is 31.0 Å². The minimum absolute atomic E-state index is 0.201. The van der Waals surface area contributed by atoms with Crippen LogP contribution >= 0.6 is 0 Å². The second kappa shape index (κ2) is 8.75. The molecule has 27 heavy (non-hydrogen) atoms. The third kappa shape index (κ3) is 5.35. The highest BCUT2D eigenvalue weighted by molar-refractivity contribution is 5.71. The van der Waals surface area contributed by atoms with E-state index in [1.165, 1.54) is 31.5 Å². The lowest BCUT2D eigenvalue weighted by Crippen LogP contribution is -2.17. The fourth-order valence-electron chi connectivity index (χ4n) is 2.46. The molecule has 1 atom stereocenters. The normalized spacial score (nSPS) is 12.4. The molecule has 0 aliphatic heterocycles. The third-order valence-electron chi connectivity index (χ3n) is 3.75. The second-order valence-electron chi connectivity index (χ2n) is 5.57. The molecule has 8 heteroatoms. The van der Waals surface area contributed by atoms with Crippen LogP contribution in [0.3, 0.4) is 0 Å². The van der Waals surface area contributed by atoms with Crippen LogP contribution in [0.2, 0.25) is 0 Å². The van der Waals surface area contributed by atoms with Gasteiger partial charge in [0, 0.05) is 5.56 Å². The smallest absolute Gasteiger partial charge is 0.496 e. The maximum atomic E-state index is 12.5.